The van der Waals surface area contributed by atoms with Crippen molar-refractivity contribution >= 4 is 23.1 Å². The molecule has 0 unspecified atom stereocenters. The highest BCUT2D eigenvalue weighted by atomic mass is 35.5. The van der Waals surface area contributed by atoms with E-state index in [1.807, 2.05) is 47.4 Å². The van der Waals surface area contributed by atoms with Crippen molar-refractivity contribution in [2.75, 3.05) is 11.4 Å². The van der Waals surface area contributed by atoms with Crippen LogP contribution in [0.4, 0.5) is 11.5 Å². The van der Waals surface area contributed by atoms with Crippen LogP contribution in [-0.2, 0) is 0 Å². The highest BCUT2D eigenvalue weighted by molar-refractivity contribution is 6.29. The molecule has 0 bridgehead atoms. The maximum atomic E-state index is 8.74. The molecule has 0 N–H and O–H groups in total. The van der Waals surface area contributed by atoms with Gasteiger partial charge in [0.1, 0.15) is 11.0 Å². The smallest absolute Gasteiger partial charge is 0.134 e. The molecular formula is C14H12ClN3. The second kappa shape index (κ2) is 6.04. The molecule has 0 fully saturated rings. The molecule has 0 spiro atoms. The molecule has 1 heterocycles. The fourth-order valence-electron chi connectivity index (χ4n) is 1.69. The molecule has 0 saturated carbocycles. The van der Waals surface area contributed by atoms with Crippen molar-refractivity contribution in [2.45, 2.75) is 6.42 Å². The van der Waals surface area contributed by atoms with Gasteiger partial charge >= 0.3 is 0 Å². The number of halogens is 1. The third kappa shape index (κ3) is 2.99. The summed E-state index contributed by atoms with van der Waals surface area (Å²) in [5.41, 5.74) is 1.00. The first-order valence-corrected chi connectivity index (χ1v) is 6.01. The van der Waals surface area contributed by atoms with E-state index in [4.69, 9.17) is 16.9 Å². The number of nitriles is 1. The van der Waals surface area contributed by atoms with E-state index in [0.717, 1.165) is 11.5 Å². The van der Waals surface area contributed by atoms with E-state index in [9.17, 15) is 0 Å². The van der Waals surface area contributed by atoms with Gasteiger partial charge in [-0.2, -0.15) is 5.26 Å². The molecule has 2 rings (SSSR count). The minimum Gasteiger partial charge on any atom is -0.325 e. The van der Waals surface area contributed by atoms with Crippen LogP contribution in [0.1, 0.15) is 6.42 Å². The Hall–Kier alpha value is -2.05. The normalized spacial score (nSPS) is 9.78. The molecule has 0 aliphatic heterocycles. The summed E-state index contributed by atoms with van der Waals surface area (Å²) >= 11 is 5.91. The summed E-state index contributed by atoms with van der Waals surface area (Å²) < 4.78 is 0. The van der Waals surface area contributed by atoms with Crippen LogP contribution in [-0.4, -0.2) is 11.5 Å². The standard InChI is InChI=1S/C14H12ClN3/c15-13-8-4-9-14(17-13)18(11-5-10-16)12-6-2-1-3-7-12/h1-4,6-9H,5,11H2. The second-order valence-corrected chi connectivity index (χ2v) is 4.10. The van der Waals surface area contributed by atoms with E-state index in [2.05, 4.69) is 11.1 Å². The Kier molecular flexibility index (Phi) is 4.16. The monoisotopic (exact) mass is 257 g/mol. The predicted octanol–water partition coefficient (Wildman–Crippen LogP) is 3.79. The fraction of sp³-hybridized carbons (Fsp3) is 0.143. The van der Waals surface area contributed by atoms with Crippen molar-refractivity contribution in [1.29, 1.82) is 5.26 Å². The first kappa shape index (κ1) is 12.4. The largest absolute Gasteiger partial charge is 0.325 e. The van der Waals surface area contributed by atoms with Gasteiger partial charge in [-0.15, -0.1) is 0 Å². The summed E-state index contributed by atoms with van der Waals surface area (Å²) in [7, 11) is 0. The lowest BCUT2D eigenvalue weighted by atomic mass is 10.2. The Morgan fingerprint density at radius 1 is 1.11 bits per heavy atom. The van der Waals surface area contributed by atoms with Crippen molar-refractivity contribution in [1.82, 2.24) is 4.98 Å². The van der Waals surface area contributed by atoms with Crippen LogP contribution in [0.15, 0.2) is 48.5 Å². The van der Waals surface area contributed by atoms with E-state index in [0.29, 0.717) is 18.1 Å². The van der Waals surface area contributed by atoms with E-state index < -0.39 is 0 Å². The van der Waals surface area contributed by atoms with Gasteiger partial charge in [-0.3, -0.25) is 0 Å². The molecule has 1 aromatic carbocycles. The predicted molar refractivity (Wildman–Crippen MR) is 72.9 cm³/mol. The summed E-state index contributed by atoms with van der Waals surface area (Å²) in [4.78, 5) is 6.27. The molecule has 3 nitrogen and oxygen atoms in total. The summed E-state index contributed by atoms with van der Waals surface area (Å²) in [6, 6.07) is 17.5. The van der Waals surface area contributed by atoms with Crippen LogP contribution >= 0.6 is 11.6 Å². The average molecular weight is 258 g/mol. The average Bonchev–Trinajstić information content (AvgIpc) is 2.40. The molecule has 1 aromatic heterocycles. The second-order valence-electron chi connectivity index (χ2n) is 3.71. The highest BCUT2D eigenvalue weighted by Gasteiger charge is 2.10. The molecule has 0 radical (unpaired) electrons. The summed E-state index contributed by atoms with van der Waals surface area (Å²) in [5.74, 6) is 0.754. The van der Waals surface area contributed by atoms with Gasteiger partial charge in [0.15, 0.2) is 0 Å². The molecule has 0 atom stereocenters. The topological polar surface area (TPSA) is 39.9 Å². The third-order valence-electron chi connectivity index (χ3n) is 2.49. The van der Waals surface area contributed by atoms with Crippen LogP contribution in [0.2, 0.25) is 5.15 Å². The zero-order valence-corrected chi connectivity index (χ0v) is 10.5. The number of anilines is 2. The first-order chi connectivity index (χ1) is 8.81. The van der Waals surface area contributed by atoms with Crippen LogP contribution in [0.5, 0.6) is 0 Å². The minimum atomic E-state index is 0.434. The number of pyridine rings is 1. The number of aromatic nitrogens is 1. The molecule has 4 heteroatoms. The van der Waals surface area contributed by atoms with Gasteiger partial charge in [0, 0.05) is 12.2 Å². The van der Waals surface area contributed by atoms with Crippen LogP contribution in [0.3, 0.4) is 0 Å². The van der Waals surface area contributed by atoms with Gasteiger partial charge in [-0.05, 0) is 24.3 Å². The molecule has 18 heavy (non-hydrogen) atoms. The summed E-state index contributed by atoms with van der Waals surface area (Å²) in [6.07, 6.45) is 0.434. The number of nitrogens with zero attached hydrogens (tertiary/aromatic N) is 3. The van der Waals surface area contributed by atoms with Crippen molar-refractivity contribution in [3.05, 3.63) is 53.7 Å². The van der Waals surface area contributed by atoms with Crippen molar-refractivity contribution in [3.8, 4) is 6.07 Å². The molecule has 0 saturated heterocycles. The van der Waals surface area contributed by atoms with Gasteiger partial charge in [0.2, 0.25) is 0 Å². The lowest BCUT2D eigenvalue weighted by molar-refractivity contribution is 0.927. The summed E-state index contributed by atoms with van der Waals surface area (Å²) in [6.45, 7) is 0.591. The van der Waals surface area contributed by atoms with E-state index in [1.54, 1.807) is 6.07 Å². The maximum absolute atomic E-state index is 8.74. The molecule has 0 aliphatic carbocycles. The van der Waals surface area contributed by atoms with Gasteiger partial charge in [0.25, 0.3) is 0 Å². The number of para-hydroxylation sites is 1. The lowest BCUT2D eigenvalue weighted by Gasteiger charge is -2.22. The van der Waals surface area contributed by atoms with Crippen molar-refractivity contribution in [3.63, 3.8) is 0 Å². The van der Waals surface area contributed by atoms with Gasteiger partial charge < -0.3 is 4.90 Å². The molecule has 0 aliphatic rings. The van der Waals surface area contributed by atoms with Gasteiger partial charge in [-0.25, -0.2) is 4.98 Å². The van der Waals surface area contributed by atoms with Crippen LogP contribution < -0.4 is 4.90 Å². The van der Waals surface area contributed by atoms with Crippen LogP contribution in [0, 0.1) is 11.3 Å². The highest BCUT2D eigenvalue weighted by Crippen LogP contribution is 2.24. The number of hydrogen-bond donors (Lipinski definition) is 0. The van der Waals surface area contributed by atoms with Gasteiger partial charge in [-0.1, -0.05) is 35.9 Å². The Morgan fingerprint density at radius 2 is 1.89 bits per heavy atom. The quantitative estimate of drug-likeness (QED) is 0.783. The molecule has 0 amide bonds. The number of hydrogen-bond acceptors (Lipinski definition) is 3. The third-order valence-corrected chi connectivity index (χ3v) is 2.70. The van der Waals surface area contributed by atoms with Crippen molar-refractivity contribution in [2.24, 2.45) is 0 Å². The van der Waals surface area contributed by atoms with Gasteiger partial charge in [0.05, 0.1) is 12.5 Å². The van der Waals surface area contributed by atoms with E-state index in [-0.39, 0.29) is 0 Å². The fourth-order valence-corrected chi connectivity index (χ4v) is 1.85. The molecule has 90 valence electrons. The summed E-state index contributed by atoms with van der Waals surface area (Å²) in [5, 5.41) is 9.19. The maximum Gasteiger partial charge on any atom is 0.134 e. The van der Waals surface area contributed by atoms with Crippen molar-refractivity contribution < 1.29 is 0 Å². The zero-order valence-electron chi connectivity index (χ0n) is 9.75. The zero-order chi connectivity index (χ0) is 12.8. The Balaban J connectivity index is 2.34. The first-order valence-electron chi connectivity index (χ1n) is 5.63. The van der Waals surface area contributed by atoms with E-state index in [1.165, 1.54) is 0 Å². The molecular weight excluding hydrogens is 246 g/mol. The Morgan fingerprint density at radius 3 is 2.56 bits per heavy atom. The lowest BCUT2D eigenvalue weighted by Crippen LogP contribution is -2.19. The number of benzene rings is 1. The Labute approximate surface area is 111 Å². The number of rotatable bonds is 4. The van der Waals surface area contributed by atoms with Crippen LogP contribution in [0.25, 0.3) is 0 Å². The van der Waals surface area contributed by atoms with E-state index >= 15 is 0 Å². The SMILES string of the molecule is N#CCCN(c1ccccc1)c1cccc(Cl)n1. The molecule has 2 aromatic rings. The minimum absolute atomic E-state index is 0.434. The Bertz CT molecular complexity index is 548.